The van der Waals surface area contributed by atoms with Crippen molar-refractivity contribution in [3.05, 3.63) is 87.3 Å². The monoisotopic (exact) mass is 472 g/mol. The van der Waals surface area contributed by atoms with Crippen molar-refractivity contribution in [3.63, 3.8) is 0 Å². The SMILES string of the molecule is Cc1c(NC(=O)Cc2csc(-c3ccc(C(F)(F)F)cc3)n2)c(=O)n(-c2ccccc2)n1C. The maximum atomic E-state index is 12.9. The highest BCUT2D eigenvalue weighted by Gasteiger charge is 2.30. The summed E-state index contributed by atoms with van der Waals surface area (Å²) in [4.78, 5) is 29.9. The van der Waals surface area contributed by atoms with Crippen molar-refractivity contribution in [2.24, 2.45) is 7.05 Å². The predicted octanol–water partition coefficient (Wildman–Crippen LogP) is 4.81. The van der Waals surface area contributed by atoms with Crippen molar-refractivity contribution in [2.75, 3.05) is 5.32 Å². The molecule has 0 spiro atoms. The summed E-state index contributed by atoms with van der Waals surface area (Å²) in [5.74, 6) is -0.412. The molecule has 0 bridgehead atoms. The summed E-state index contributed by atoms with van der Waals surface area (Å²) in [5.41, 5.74) is 1.37. The fourth-order valence-electron chi connectivity index (χ4n) is 3.38. The molecule has 2 heterocycles. The molecule has 1 N–H and O–H groups in total. The molecule has 0 aliphatic heterocycles. The molecule has 4 rings (SSSR count). The molecule has 0 radical (unpaired) electrons. The van der Waals surface area contributed by atoms with E-state index in [1.54, 1.807) is 36.2 Å². The Labute approximate surface area is 190 Å². The summed E-state index contributed by atoms with van der Waals surface area (Å²) in [7, 11) is 1.73. The molecule has 2 aromatic carbocycles. The Morgan fingerprint density at radius 3 is 2.39 bits per heavy atom. The molecule has 2 aromatic heterocycles. The zero-order valence-electron chi connectivity index (χ0n) is 17.7. The topological polar surface area (TPSA) is 68.9 Å². The van der Waals surface area contributed by atoms with Gasteiger partial charge in [-0.2, -0.15) is 13.2 Å². The van der Waals surface area contributed by atoms with E-state index < -0.39 is 17.6 Å². The van der Waals surface area contributed by atoms with Crippen molar-refractivity contribution in [1.29, 1.82) is 0 Å². The van der Waals surface area contributed by atoms with E-state index in [1.165, 1.54) is 28.2 Å². The van der Waals surface area contributed by atoms with E-state index in [0.717, 1.165) is 12.1 Å². The lowest BCUT2D eigenvalue weighted by Gasteiger charge is -2.07. The molecule has 10 heteroatoms. The number of hydrogen-bond acceptors (Lipinski definition) is 4. The Bertz CT molecular complexity index is 1350. The van der Waals surface area contributed by atoms with Gasteiger partial charge in [0.1, 0.15) is 10.7 Å². The number of thiazole rings is 1. The zero-order valence-corrected chi connectivity index (χ0v) is 18.5. The second kappa shape index (κ2) is 8.70. The molecular weight excluding hydrogens is 453 g/mol. The lowest BCUT2D eigenvalue weighted by atomic mass is 10.1. The highest BCUT2D eigenvalue weighted by Crippen LogP contribution is 2.31. The average Bonchev–Trinajstić information content (AvgIpc) is 3.32. The van der Waals surface area contributed by atoms with E-state index in [2.05, 4.69) is 10.3 Å². The summed E-state index contributed by atoms with van der Waals surface area (Å²) >= 11 is 1.23. The van der Waals surface area contributed by atoms with Crippen LogP contribution in [0.25, 0.3) is 16.3 Å². The first-order valence-corrected chi connectivity index (χ1v) is 10.8. The molecule has 0 aliphatic carbocycles. The van der Waals surface area contributed by atoms with E-state index in [4.69, 9.17) is 0 Å². The minimum absolute atomic E-state index is 0.0732. The van der Waals surface area contributed by atoms with Gasteiger partial charge in [0.15, 0.2) is 0 Å². The molecule has 0 fully saturated rings. The summed E-state index contributed by atoms with van der Waals surface area (Å²) in [5, 5.41) is 4.86. The number of rotatable bonds is 5. The number of anilines is 1. The standard InChI is InChI=1S/C23H19F3N4O2S/c1-14-20(22(32)30(29(14)2)18-6-4-3-5-7-18)28-19(31)12-17-13-33-21(27-17)15-8-10-16(11-9-15)23(24,25)26/h3-11,13H,12H2,1-2H3,(H,28,31). The van der Waals surface area contributed by atoms with Gasteiger partial charge in [-0.1, -0.05) is 30.3 Å². The van der Waals surface area contributed by atoms with E-state index in [-0.39, 0.29) is 17.7 Å². The van der Waals surface area contributed by atoms with Gasteiger partial charge in [0.25, 0.3) is 5.56 Å². The summed E-state index contributed by atoms with van der Waals surface area (Å²) in [6.45, 7) is 1.74. The molecule has 0 aliphatic rings. The van der Waals surface area contributed by atoms with Gasteiger partial charge in [0, 0.05) is 18.0 Å². The maximum absolute atomic E-state index is 12.9. The second-order valence-electron chi connectivity index (χ2n) is 7.38. The summed E-state index contributed by atoms with van der Waals surface area (Å²) < 4.78 is 41.4. The van der Waals surface area contributed by atoms with E-state index in [1.807, 2.05) is 18.2 Å². The van der Waals surface area contributed by atoms with Crippen LogP contribution in [0.1, 0.15) is 17.0 Å². The normalized spacial score (nSPS) is 11.5. The summed E-state index contributed by atoms with van der Waals surface area (Å²) in [6.07, 6.45) is -4.48. The first-order valence-electron chi connectivity index (χ1n) is 9.91. The van der Waals surface area contributed by atoms with Crippen LogP contribution in [0.15, 0.2) is 64.8 Å². The highest BCUT2D eigenvalue weighted by molar-refractivity contribution is 7.13. The number of alkyl halides is 3. The van der Waals surface area contributed by atoms with Crippen LogP contribution in [-0.4, -0.2) is 20.3 Å². The number of nitrogens with zero attached hydrogens (tertiary/aromatic N) is 3. The minimum Gasteiger partial charge on any atom is -0.320 e. The van der Waals surface area contributed by atoms with Gasteiger partial charge in [-0.05, 0) is 31.2 Å². The van der Waals surface area contributed by atoms with Crippen LogP contribution in [0, 0.1) is 6.92 Å². The second-order valence-corrected chi connectivity index (χ2v) is 8.24. The van der Waals surface area contributed by atoms with Crippen molar-refractivity contribution >= 4 is 22.9 Å². The lowest BCUT2D eigenvalue weighted by Crippen LogP contribution is -2.23. The highest BCUT2D eigenvalue weighted by atomic mass is 32.1. The van der Waals surface area contributed by atoms with Crippen molar-refractivity contribution in [1.82, 2.24) is 14.3 Å². The van der Waals surface area contributed by atoms with Crippen LogP contribution < -0.4 is 10.9 Å². The lowest BCUT2D eigenvalue weighted by molar-refractivity contribution is -0.137. The first kappa shape index (κ1) is 22.5. The van der Waals surface area contributed by atoms with Crippen LogP contribution in [0.4, 0.5) is 18.9 Å². The number of aromatic nitrogens is 3. The van der Waals surface area contributed by atoms with Gasteiger partial charge in [-0.25, -0.2) is 9.67 Å². The largest absolute Gasteiger partial charge is 0.416 e. The fraction of sp³-hybridized carbons (Fsp3) is 0.174. The van der Waals surface area contributed by atoms with Crippen molar-refractivity contribution < 1.29 is 18.0 Å². The number of carbonyl (C=O) groups is 1. The van der Waals surface area contributed by atoms with Gasteiger partial charge in [0.2, 0.25) is 5.91 Å². The third-order valence-electron chi connectivity index (χ3n) is 5.17. The predicted molar refractivity (Wildman–Crippen MR) is 121 cm³/mol. The molecule has 4 aromatic rings. The van der Waals surface area contributed by atoms with Crippen LogP contribution in [0.5, 0.6) is 0 Å². The molecule has 0 atom stereocenters. The fourth-order valence-corrected chi connectivity index (χ4v) is 4.21. The van der Waals surface area contributed by atoms with Gasteiger partial charge in [0.05, 0.1) is 29.1 Å². The number of hydrogen-bond donors (Lipinski definition) is 1. The van der Waals surface area contributed by atoms with Crippen LogP contribution in [0.2, 0.25) is 0 Å². The smallest absolute Gasteiger partial charge is 0.320 e. The molecule has 170 valence electrons. The van der Waals surface area contributed by atoms with Gasteiger partial charge >= 0.3 is 6.18 Å². The number of para-hydroxylation sites is 1. The molecule has 1 amide bonds. The van der Waals surface area contributed by atoms with E-state index in [9.17, 15) is 22.8 Å². The summed E-state index contributed by atoms with van der Waals surface area (Å²) in [6, 6.07) is 13.8. The Hall–Kier alpha value is -3.66. The van der Waals surface area contributed by atoms with Crippen molar-refractivity contribution in [3.8, 4) is 16.3 Å². The first-order chi connectivity index (χ1) is 15.6. The molecule has 33 heavy (non-hydrogen) atoms. The third-order valence-corrected chi connectivity index (χ3v) is 6.11. The van der Waals surface area contributed by atoms with Crippen molar-refractivity contribution in [2.45, 2.75) is 19.5 Å². The average molecular weight is 472 g/mol. The zero-order chi connectivity index (χ0) is 23.8. The molecular formula is C23H19F3N4O2S. The van der Waals surface area contributed by atoms with E-state index in [0.29, 0.717) is 27.6 Å². The maximum Gasteiger partial charge on any atom is 0.416 e. The van der Waals surface area contributed by atoms with Crippen LogP contribution >= 0.6 is 11.3 Å². The number of benzene rings is 2. The Morgan fingerprint density at radius 1 is 1.09 bits per heavy atom. The Morgan fingerprint density at radius 2 is 1.76 bits per heavy atom. The number of halogens is 3. The van der Waals surface area contributed by atoms with Gasteiger partial charge in [-0.15, -0.1) is 11.3 Å². The van der Waals surface area contributed by atoms with Gasteiger partial charge in [-0.3, -0.25) is 14.3 Å². The number of nitrogens with one attached hydrogen (secondary N) is 1. The molecule has 6 nitrogen and oxygen atoms in total. The molecule has 0 unspecified atom stereocenters. The quantitative estimate of drug-likeness (QED) is 0.453. The van der Waals surface area contributed by atoms with Crippen LogP contribution in [-0.2, 0) is 24.4 Å². The van der Waals surface area contributed by atoms with E-state index >= 15 is 0 Å². The molecule has 0 saturated heterocycles. The number of carbonyl (C=O) groups excluding carboxylic acids is 1. The number of amides is 1. The Kier molecular flexibility index (Phi) is 5.94. The van der Waals surface area contributed by atoms with Gasteiger partial charge < -0.3 is 5.32 Å². The third kappa shape index (κ3) is 4.61. The molecule has 0 saturated carbocycles. The van der Waals surface area contributed by atoms with Crippen LogP contribution in [0.3, 0.4) is 0 Å². The Balaban J connectivity index is 1.50. The minimum atomic E-state index is -4.40.